The minimum atomic E-state index is -0.958. The van der Waals surface area contributed by atoms with Gasteiger partial charge in [-0.2, -0.15) is 0 Å². The number of aliphatic hydroxyl groups is 1. The van der Waals surface area contributed by atoms with Crippen molar-refractivity contribution in [1.82, 2.24) is 0 Å². The Morgan fingerprint density at radius 1 is 0.950 bits per heavy atom. The van der Waals surface area contributed by atoms with Crippen LogP contribution in [0.1, 0.15) is 17.2 Å². The molecule has 5 heteroatoms. The van der Waals surface area contributed by atoms with Crippen LogP contribution in [0.4, 0.5) is 0 Å². The molecule has 2 rings (SSSR count). The zero-order valence-corrected chi connectivity index (χ0v) is 12.6. The topological polar surface area (TPSA) is 38.7 Å². The molecule has 3 nitrogen and oxygen atoms in total. The van der Waals surface area contributed by atoms with Gasteiger partial charge in [-0.3, -0.25) is 0 Å². The fourth-order valence-corrected chi connectivity index (χ4v) is 2.53. The van der Waals surface area contributed by atoms with Gasteiger partial charge in [0.2, 0.25) is 0 Å². The smallest absolute Gasteiger partial charge is 0.122 e. The van der Waals surface area contributed by atoms with Gasteiger partial charge in [0, 0.05) is 21.7 Å². The van der Waals surface area contributed by atoms with Crippen LogP contribution in [-0.4, -0.2) is 19.3 Å². The second-order valence-electron chi connectivity index (χ2n) is 4.18. The van der Waals surface area contributed by atoms with Crippen molar-refractivity contribution in [3.05, 3.63) is 57.6 Å². The molecule has 0 amide bonds. The van der Waals surface area contributed by atoms with Crippen LogP contribution in [0.15, 0.2) is 36.4 Å². The lowest BCUT2D eigenvalue weighted by Gasteiger charge is -2.16. The van der Waals surface area contributed by atoms with Crippen LogP contribution in [0.25, 0.3) is 0 Å². The van der Waals surface area contributed by atoms with Crippen LogP contribution in [0.2, 0.25) is 10.0 Å². The second kappa shape index (κ2) is 6.35. The van der Waals surface area contributed by atoms with E-state index in [1.165, 1.54) is 0 Å². The van der Waals surface area contributed by atoms with Gasteiger partial charge in [0.25, 0.3) is 0 Å². The summed E-state index contributed by atoms with van der Waals surface area (Å²) in [5, 5.41) is 11.3. The van der Waals surface area contributed by atoms with Gasteiger partial charge < -0.3 is 14.6 Å². The number of aliphatic hydroxyl groups excluding tert-OH is 1. The van der Waals surface area contributed by atoms with Gasteiger partial charge in [-0.15, -0.1) is 0 Å². The molecule has 20 heavy (non-hydrogen) atoms. The number of methoxy groups -OCH3 is 2. The highest BCUT2D eigenvalue weighted by atomic mass is 35.5. The Balaban J connectivity index is 2.50. The van der Waals surface area contributed by atoms with E-state index >= 15 is 0 Å². The highest BCUT2D eigenvalue weighted by molar-refractivity contribution is 6.36. The highest BCUT2D eigenvalue weighted by Crippen LogP contribution is 2.36. The minimum Gasteiger partial charge on any atom is -0.497 e. The first-order chi connectivity index (χ1) is 9.56. The van der Waals surface area contributed by atoms with Gasteiger partial charge in [0.1, 0.15) is 17.6 Å². The Hall–Kier alpha value is -1.42. The van der Waals surface area contributed by atoms with E-state index in [0.717, 1.165) is 0 Å². The number of ether oxygens (including phenoxy) is 2. The number of rotatable bonds is 4. The maximum atomic E-state index is 10.5. The van der Waals surface area contributed by atoms with Crippen molar-refractivity contribution < 1.29 is 14.6 Å². The average Bonchev–Trinajstić information content (AvgIpc) is 2.46. The summed E-state index contributed by atoms with van der Waals surface area (Å²) in [6, 6.07) is 10.3. The van der Waals surface area contributed by atoms with E-state index in [4.69, 9.17) is 32.7 Å². The first-order valence-electron chi connectivity index (χ1n) is 5.91. The molecule has 0 fully saturated rings. The third-order valence-corrected chi connectivity index (χ3v) is 3.62. The average molecular weight is 313 g/mol. The number of halogens is 2. The molecule has 0 radical (unpaired) electrons. The third-order valence-electron chi connectivity index (χ3n) is 2.96. The summed E-state index contributed by atoms with van der Waals surface area (Å²) in [5.74, 6) is 1.17. The van der Waals surface area contributed by atoms with Gasteiger partial charge in [-0.05, 0) is 29.8 Å². The number of benzene rings is 2. The Bertz CT molecular complexity index is 572. The van der Waals surface area contributed by atoms with Crippen LogP contribution < -0.4 is 9.47 Å². The molecule has 1 atom stereocenters. The molecule has 0 saturated heterocycles. The molecule has 0 aliphatic carbocycles. The lowest BCUT2D eigenvalue weighted by Crippen LogP contribution is -2.02. The normalized spacial score (nSPS) is 12.1. The Morgan fingerprint density at radius 2 is 1.45 bits per heavy atom. The van der Waals surface area contributed by atoms with Gasteiger partial charge >= 0.3 is 0 Å². The van der Waals surface area contributed by atoms with Gasteiger partial charge in [0.15, 0.2) is 0 Å². The molecule has 0 spiro atoms. The number of hydrogen-bond acceptors (Lipinski definition) is 3. The molecule has 0 heterocycles. The van der Waals surface area contributed by atoms with Crippen LogP contribution in [0.5, 0.6) is 11.5 Å². The maximum absolute atomic E-state index is 10.5. The van der Waals surface area contributed by atoms with Crippen molar-refractivity contribution in [3.8, 4) is 11.5 Å². The fraction of sp³-hybridized carbons (Fsp3) is 0.200. The molecule has 0 aliphatic rings. The second-order valence-corrected chi connectivity index (χ2v) is 5.00. The zero-order valence-electron chi connectivity index (χ0n) is 11.1. The van der Waals surface area contributed by atoms with Crippen LogP contribution in [0.3, 0.4) is 0 Å². The summed E-state index contributed by atoms with van der Waals surface area (Å²) in [6.45, 7) is 0. The lowest BCUT2D eigenvalue weighted by atomic mass is 10.0. The molecular formula is C15H14Cl2O3. The van der Waals surface area contributed by atoms with E-state index in [-0.39, 0.29) is 0 Å². The maximum Gasteiger partial charge on any atom is 0.122 e. The van der Waals surface area contributed by atoms with Gasteiger partial charge in [-0.25, -0.2) is 0 Å². The first-order valence-corrected chi connectivity index (χ1v) is 6.67. The lowest BCUT2D eigenvalue weighted by molar-refractivity contribution is 0.219. The molecule has 2 aromatic carbocycles. The van der Waals surface area contributed by atoms with Crippen molar-refractivity contribution in [2.45, 2.75) is 6.10 Å². The van der Waals surface area contributed by atoms with Crippen LogP contribution >= 0.6 is 23.2 Å². The molecule has 0 aromatic heterocycles. The Kier molecular flexibility index (Phi) is 4.76. The fourth-order valence-electron chi connectivity index (χ4n) is 1.93. The van der Waals surface area contributed by atoms with E-state index in [0.29, 0.717) is 32.7 Å². The predicted octanol–water partition coefficient (Wildman–Crippen LogP) is 4.09. The first kappa shape index (κ1) is 15.0. The number of hydrogen-bond donors (Lipinski definition) is 1. The Labute approximate surface area is 127 Å². The molecule has 0 aliphatic heterocycles. The Morgan fingerprint density at radius 3 is 1.90 bits per heavy atom. The summed E-state index contributed by atoms with van der Waals surface area (Å²) < 4.78 is 10.4. The van der Waals surface area contributed by atoms with Crippen molar-refractivity contribution in [1.29, 1.82) is 0 Å². The molecular weight excluding hydrogens is 299 g/mol. The van der Waals surface area contributed by atoms with E-state index in [9.17, 15) is 5.11 Å². The van der Waals surface area contributed by atoms with E-state index < -0.39 is 6.10 Å². The van der Waals surface area contributed by atoms with Crippen molar-refractivity contribution in [3.63, 3.8) is 0 Å². The monoisotopic (exact) mass is 312 g/mol. The SMILES string of the molecule is COc1cc(OC)cc(C(O)c2c(Cl)cccc2Cl)c1. The molecule has 106 valence electrons. The summed E-state index contributed by atoms with van der Waals surface area (Å²) >= 11 is 12.2. The molecule has 0 bridgehead atoms. The summed E-state index contributed by atoms with van der Waals surface area (Å²) in [5.41, 5.74) is 1.06. The molecule has 2 aromatic rings. The van der Waals surface area contributed by atoms with E-state index in [2.05, 4.69) is 0 Å². The molecule has 1 N–H and O–H groups in total. The standard InChI is InChI=1S/C15H14Cl2O3/c1-19-10-6-9(7-11(8-10)20-2)15(18)14-12(16)4-3-5-13(14)17/h3-8,15,18H,1-2H3. The summed E-state index contributed by atoms with van der Waals surface area (Å²) in [4.78, 5) is 0. The highest BCUT2D eigenvalue weighted by Gasteiger charge is 2.19. The summed E-state index contributed by atoms with van der Waals surface area (Å²) in [7, 11) is 3.10. The molecule has 1 unspecified atom stereocenters. The zero-order chi connectivity index (χ0) is 14.7. The van der Waals surface area contributed by atoms with E-state index in [1.807, 2.05) is 0 Å². The van der Waals surface area contributed by atoms with Gasteiger partial charge in [-0.1, -0.05) is 29.3 Å². The van der Waals surface area contributed by atoms with Crippen LogP contribution in [-0.2, 0) is 0 Å². The van der Waals surface area contributed by atoms with Crippen molar-refractivity contribution in [2.75, 3.05) is 14.2 Å². The van der Waals surface area contributed by atoms with Gasteiger partial charge in [0.05, 0.1) is 14.2 Å². The van der Waals surface area contributed by atoms with Crippen molar-refractivity contribution in [2.24, 2.45) is 0 Å². The minimum absolute atomic E-state index is 0.409. The predicted molar refractivity (Wildman–Crippen MR) is 80.1 cm³/mol. The quantitative estimate of drug-likeness (QED) is 0.924. The van der Waals surface area contributed by atoms with E-state index in [1.54, 1.807) is 50.6 Å². The van der Waals surface area contributed by atoms with Crippen molar-refractivity contribution >= 4 is 23.2 Å². The molecule has 0 saturated carbocycles. The largest absolute Gasteiger partial charge is 0.497 e. The summed E-state index contributed by atoms with van der Waals surface area (Å²) in [6.07, 6.45) is -0.958. The third kappa shape index (κ3) is 3.01. The van der Waals surface area contributed by atoms with Crippen LogP contribution in [0, 0.1) is 0 Å².